The third kappa shape index (κ3) is 40.6. The molecule has 0 aromatic carbocycles. The number of carbonyl (C=O) groups is 3. The van der Waals surface area contributed by atoms with E-state index in [1.54, 1.807) is 0 Å². The number of allylic oxidation sites excluding steroid dienone is 6. The smallest absolute Gasteiger partial charge is 0.306 e. The molecular weight excluding hydrogens is 661 g/mol. The molecule has 53 heavy (non-hydrogen) atoms. The molecule has 0 aliphatic carbocycles. The summed E-state index contributed by atoms with van der Waals surface area (Å²) in [7, 11) is 0. The maximum atomic E-state index is 12.7. The predicted molar refractivity (Wildman–Crippen MR) is 224 cm³/mol. The summed E-state index contributed by atoms with van der Waals surface area (Å²) in [5, 5.41) is 0. The first-order chi connectivity index (χ1) is 26.0. The molecule has 6 heteroatoms. The second-order valence-corrected chi connectivity index (χ2v) is 14.9. The monoisotopic (exact) mass is 745 g/mol. The number of unbranched alkanes of at least 4 members (excludes halogenated alkanes) is 23. The highest BCUT2D eigenvalue weighted by Crippen LogP contribution is 2.14. The van der Waals surface area contributed by atoms with Gasteiger partial charge in [0.05, 0.1) is 0 Å². The topological polar surface area (TPSA) is 78.9 Å². The molecule has 0 saturated heterocycles. The Bertz CT molecular complexity index is 907. The van der Waals surface area contributed by atoms with Crippen LogP contribution in [0.1, 0.15) is 226 Å². The largest absolute Gasteiger partial charge is 0.462 e. The molecule has 1 unspecified atom stereocenters. The van der Waals surface area contributed by atoms with Crippen molar-refractivity contribution in [2.75, 3.05) is 13.2 Å². The lowest BCUT2D eigenvalue weighted by Gasteiger charge is -2.18. The Morgan fingerprint density at radius 1 is 0.396 bits per heavy atom. The average molecular weight is 745 g/mol. The lowest BCUT2D eigenvalue weighted by molar-refractivity contribution is -0.167. The van der Waals surface area contributed by atoms with Gasteiger partial charge in [0.25, 0.3) is 0 Å². The van der Waals surface area contributed by atoms with Crippen LogP contribution in [0.3, 0.4) is 0 Å². The number of hydrogen-bond donors (Lipinski definition) is 0. The zero-order valence-electron chi connectivity index (χ0n) is 35.0. The number of hydrogen-bond acceptors (Lipinski definition) is 6. The fraction of sp³-hybridized carbons (Fsp3) is 0.809. The zero-order valence-corrected chi connectivity index (χ0v) is 35.0. The summed E-state index contributed by atoms with van der Waals surface area (Å²) in [6.45, 7) is 6.46. The van der Waals surface area contributed by atoms with Crippen molar-refractivity contribution < 1.29 is 28.6 Å². The number of esters is 3. The number of ether oxygens (including phenoxy) is 3. The van der Waals surface area contributed by atoms with Crippen LogP contribution in [-0.4, -0.2) is 37.2 Å². The molecule has 0 bridgehead atoms. The lowest BCUT2D eigenvalue weighted by Crippen LogP contribution is -2.30. The fourth-order valence-corrected chi connectivity index (χ4v) is 6.22. The van der Waals surface area contributed by atoms with Crippen LogP contribution in [0.2, 0.25) is 0 Å². The maximum absolute atomic E-state index is 12.7. The van der Waals surface area contributed by atoms with Gasteiger partial charge in [0.15, 0.2) is 6.10 Å². The highest BCUT2D eigenvalue weighted by molar-refractivity contribution is 5.71. The second kappa shape index (κ2) is 42.4. The van der Waals surface area contributed by atoms with Crippen LogP contribution in [0.25, 0.3) is 0 Å². The van der Waals surface area contributed by atoms with Gasteiger partial charge in [-0.3, -0.25) is 14.4 Å². The standard InChI is InChI=1S/C47H84O6/c1-4-7-10-13-16-19-22-23-24-26-28-31-34-37-40-46(49)52-43-44(42-51-45(48)39-36-33-30-27-21-18-15-12-9-6-3)53-47(50)41-38-35-32-29-25-20-17-14-11-8-5-2/h7,10,14,16-17,19,44H,4-6,8-9,11-13,15,18,20-43H2,1-3H3/b10-7-,17-14-,19-16-. The summed E-state index contributed by atoms with van der Waals surface area (Å²) >= 11 is 0. The molecule has 6 nitrogen and oxygen atoms in total. The van der Waals surface area contributed by atoms with E-state index in [2.05, 4.69) is 57.2 Å². The minimum Gasteiger partial charge on any atom is -0.462 e. The predicted octanol–water partition coefficient (Wildman–Crippen LogP) is 14.2. The van der Waals surface area contributed by atoms with Crippen molar-refractivity contribution in [2.45, 2.75) is 232 Å². The fourth-order valence-electron chi connectivity index (χ4n) is 6.22. The molecule has 0 spiro atoms. The van der Waals surface area contributed by atoms with Crippen LogP contribution in [-0.2, 0) is 28.6 Å². The summed E-state index contributed by atoms with van der Waals surface area (Å²) in [6.07, 6.45) is 46.9. The molecule has 0 aromatic heterocycles. The van der Waals surface area contributed by atoms with E-state index in [9.17, 15) is 14.4 Å². The molecule has 0 radical (unpaired) electrons. The Kier molecular flexibility index (Phi) is 40.5. The zero-order chi connectivity index (χ0) is 38.7. The molecule has 0 saturated carbocycles. The molecular formula is C47H84O6. The summed E-state index contributed by atoms with van der Waals surface area (Å²) in [5.74, 6) is -0.896. The molecule has 0 fully saturated rings. The van der Waals surface area contributed by atoms with Crippen molar-refractivity contribution in [1.82, 2.24) is 0 Å². The molecule has 0 amide bonds. The van der Waals surface area contributed by atoms with Crippen molar-refractivity contribution in [3.63, 3.8) is 0 Å². The molecule has 0 aliphatic heterocycles. The van der Waals surface area contributed by atoms with Gasteiger partial charge >= 0.3 is 17.9 Å². The van der Waals surface area contributed by atoms with E-state index in [1.165, 1.54) is 96.3 Å². The maximum Gasteiger partial charge on any atom is 0.306 e. The van der Waals surface area contributed by atoms with Crippen LogP contribution in [0.5, 0.6) is 0 Å². The highest BCUT2D eigenvalue weighted by atomic mass is 16.6. The normalized spacial score (nSPS) is 12.3. The quantitative estimate of drug-likeness (QED) is 0.0269. The molecule has 0 heterocycles. The Balaban J connectivity index is 4.36. The highest BCUT2D eigenvalue weighted by Gasteiger charge is 2.19. The Labute approximate surface area is 327 Å². The van der Waals surface area contributed by atoms with E-state index >= 15 is 0 Å². The van der Waals surface area contributed by atoms with E-state index in [4.69, 9.17) is 14.2 Å². The summed E-state index contributed by atoms with van der Waals surface area (Å²) in [5.41, 5.74) is 0. The van der Waals surface area contributed by atoms with Gasteiger partial charge in [-0.05, 0) is 64.2 Å². The summed E-state index contributed by atoms with van der Waals surface area (Å²) in [6, 6.07) is 0. The number of rotatable bonds is 40. The van der Waals surface area contributed by atoms with Crippen molar-refractivity contribution in [2.24, 2.45) is 0 Å². The summed E-state index contributed by atoms with van der Waals surface area (Å²) < 4.78 is 16.7. The van der Waals surface area contributed by atoms with E-state index in [0.29, 0.717) is 19.3 Å². The third-order valence-electron chi connectivity index (χ3n) is 9.63. The average Bonchev–Trinajstić information content (AvgIpc) is 3.15. The first kappa shape index (κ1) is 50.6. The Morgan fingerprint density at radius 3 is 1.21 bits per heavy atom. The molecule has 0 N–H and O–H groups in total. The van der Waals surface area contributed by atoms with Gasteiger partial charge in [-0.1, -0.05) is 179 Å². The molecule has 308 valence electrons. The van der Waals surface area contributed by atoms with Crippen LogP contribution in [0.15, 0.2) is 36.5 Å². The van der Waals surface area contributed by atoms with Gasteiger partial charge in [-0.25, -0.2) is 0 Å². The van der Waals surface area contributed by atoms with Crippen molar-refractivity contribution in [3.8, 4) is 0 Å². The van der Waals surface area contributed by atoms with Gasteiger partial charge in [0.2, 0.25) is 0 Å². The van der Waals surface area contributed by atoms with Gasteiger partial charge in [0.1, 0.15) is 13.2 Å². The van der Waals surface area contributed by atoms with Gasteiger partial charge < -0.3 is 14.2 Å². The molecule has 1 atom stereocenters. The van der Waals surface area contributed by atoms with E-state index in [1.807, 2.05) is 0 Å². The van der Waals surface area contributed by atoms with Crippen molar-refractivity contribution >= 4 is 17.9 Å². The van der Waals surface area contributed by atoms with E-state index in [-0.39, 0.29) is 31.1 Å². The van der Waals surface area contributed by atoms with E-state index in [0.717, 1.165) is 89.9 Å². The second-order valence-electron chi connectivity index (χ2n) is 14.9. The van der Waals surface area contributed by atoms with Gasteiger partial charge in [-0.2, -0.15) is 0 Å². The lowest BCUT2D eigenvalue weighted by atomic mass is 10.1. The van der Waals surface area contributed by atoms with Crippen LogP contribution in [0.4, 0.5) is 0 Å². The van der Waals surface area contributed by atoms with Crippen molar-refractivity contribution in [3.05, 3.63) is 36.5 Å². The van der Waals surface area contributed by atoms with Crippen LogP contribution in [0, 0.1) is 0 Å². The first-order valence-corrected chi connectivity index (χ1v) is 22.5. The third-order valence-corrected chi connectivity index (χ3v) is 9.63. The van der Waals surface area contributed by atoms with Crippen LogP contribution >= 0.6 is 0 Å². The SMILES string of the molecule is CC/C=C\C/C=C\CCCCCCCCCC(=O)OCC(COC(=O)CCCCCCCCCCCC)OC(=O)CCCCCCC/C=C\CCCC. The number of carbonyl (C=O) groups excluding carboxylic acids is 3. The van der Waals surface area contributed by atoms with Crippen LogP contribution < -0.4 is 0 Å². The Morgan fingerprint density at radius 2 is 0.755 bits per heavy atom. The molecule has 0 aromatic rings. The van der Waals surface area contributed by atoms with Crippen molar-refractivity contribution in [1.29, 1.82) is 0 Å². The minimum atomic E-state index is -0.773. The minimum absolute atomic E-state index is 0.0763. The first-order valence-electron chi connectivity index (χ1n) is 22.5. The summed E-state index contributed by atoms with van der Waals surface area (Å²) in [4.78, 5) is 37.7. The van der Waals surface area contributed by atoms with E-state index < -0.39 is 6.10 Å². The van der Waals surface area contributed by atoms with Gasteiger partial charge in [-0.15, -0.1) is 0 Å². The van der Waals surface area contributed by atoms with Gasteiger partial charge in [0, 0.05) is 19.3 Å². The Hall–Kier alpha value is -2.37. The molecule has 0 rings (SSSR count). The molecule has 0 aliphatic rings.